The van der Waals surface area contributed by atoms with E-state index in [9.17, 15) is 14.4 Å². The number of amides is 3. The Kier molecular flexibility index (Phi) is 6.87. The molecule has 1 aliphatic heterocycles. The van der Waals surface area contributed by atoms with Gasteiger partial charge in [0, 0.05) is 10.6 Å². The van der Waals surface area contributed by atoms with E-state index in [1.807, 2.05) is 66.7 Å². The van der Waals surface area contributed by atoms with Gasteiger partial charge in [-0.05, 0) is 54.7 Å². The molecule has 3 atom stereocenters. The van der Waals surface area contributed by atoms with Crippen molar-refractivity contribution in [3.05, 3.63) is 113 Å². The largest absolute Gasteiger partial charge is 0.345 e. The first-order valence-corrected chi connectivity index (χ1v) is 12.4. The number of benzene rings is 3. The van der Waals surface area contributed by atoms with Gasteiger partial charge in [0.25, 0.3) is 5.91 Å². The minimum absolute atomic E-state index is 0.164. The molecule has 0 spiro atoms. The predicted octanol–water partition coefficient (Wildman–Crippen LogP) is 5.01. The van der Waals surface area contributed by atoms with Gasteiger partial charge in [0.05, 0.1) is 23.6 Å². The maximum atomic E-state index is 13.4. The smallest absolute Gasteiger partial charge is 0.251 e. The second-order valence-electron chi connectivity index (χ2n) is 9.09. The highest BCUT2D eigenvalue weighted by Crippen LogP contribution is 2.32. The van der Waals surface area contributed by atoms with Gasteiger partial charge in [0.15, 0.2) is 0 Å². The number of nitrogens with one attached hydrogen (secondary N) is 2. The molecule has 0 saturated carbocycles. The number of rotatable bonds is 6. The van der Waals surface area contributed by atoms with Crippen LogP contribution in [0.25, 0.3) is 0 Å². The second kappa shape index (κ2) is 10.4. The Bertz CT molecular complexity index is 1320. The first-order valence-electron chi connectivity index (χ1n) is 12.0. The maximum Gasteiger partial charge on any atom is 0.251 e. The molecule has 5 rings (SSSR count). The molecule has 6 nitrogen and oxygen atoms in total. The number of hydrogen-bond donors (Lipinski definition) is 2. The van der Waals surface area contributed by atoms with Crippen LogP contribution in [-0.4, -0.2) is 17.7 Å². The molecule has 0 bridgehead atoms. The number of carbonyl (C=O) groups excluding carboxylic acids is 3. The standard InChI is InChI=1S/C29H26ClN3O3/c30-25-16-7-4-11-20(25)18-26(19-9-2-1-3-10-19)31-27(34)21-12-8-13-22(17-21)33-29(36)24-15-6-5-14-23(24)28(35)32-33/h1-13,16-17,23-24,26H,14-15,18H2,(H,31,34)(H,32,35). The summed E-state index contributed by atoms with van der Waals surface area (Å²) >= 11 is 6.40. The lowest BCUT2D eigenvalue weighted by Crippen LogP contribution is -2.59. The Hall–Kier alpha value is -3.90. The van der Waals surface area contributed by atoms with Crippen molar-refractivity contribution < 1.29 is 14.4 Å². The van der Waals surface area contributed by atoms with Gasteiger partial charge in [0.2, 0.25) is 11.8 Å². The van der Waals surface area contributed by atoms with Gasteiger partial charge >= 0.3 is 0 Å². The van der Waals surface area contributed by atoms with E-state index in [0.29, 0.717) is 35.5 Å². The van der Waals surface area contributed by atoms with Crippen LogP contribution in [0.2, 0.25) is 5.02 Å². The molecule has 1 heterocycles. The van der Waals surface area contributed by atoms with Crippen LogP contribution in [0.4, 0.5) is 5.69 Å². The summed E-state index contributed by atoms with van der Waals surface area (Å²) in [6, 6.07) is 23.7. The molecular weight excluding hydrogens is 474 g/mol. The summed E-state index contributed by atoms with van der Waals surface area (Å²) in [5.74, 6) is -1.36. The highest BCUT2D eigenvalue weighted by molar-refractivity contribution is 6.31. The Labute approximate surface area is 214 Å². The van der Waals surface area contributed by atoms with Gasteiger partial charge in [0.1, 0.15) is 0 Å². The molecule has 1 fully saturated rings. The second-order valence-corrected chi connectivity index (χ2v) is 9.50. The first kappa shape index (κ1) is 23.8. The number of nitrogens with zero attached hydrogens (tertiary/aromatic N) is 1. The van der Waals surface area contributed by atoms with Crippen LogP contribution < -0.4 is 15.8 Å². The van der Waals surface area contributed by atoms with E-state index >= 15 is 0 Å². The Morgan fingerprint density at radius 2 is 1.67 bits per heavy atom. The number of hydrogen-bond acceptors (Lipinski definition) is 3. The normalized spacial score (nSPS) is 19.9. The van der Waals surface area contributed by atoms with E-state index in [2.05, 4.69) is 10.7 Å². The van der Waals surface area contributed by atoms with E-state index in [0.717, 1.165) is 11.1 Å². The number of halogens is 1. The van der Waals surface area contributed by atoms with E-state index in [-0.39, 0.29) is 35.6 Å². The highest BCUT2D eigenvalue weighted by atomic mass is 35.5. The molecule has 1 aliphatic carbocycles. The average molecular weight is 500 g/mol. The fourth-order valence-electron chi connectivity index (χ4n) is 4.83. The maximum absolute atomic E-state index is 13.4. The third-order valence-corrected chi connectivity index (χ3v) is 7.15. The molecule has 2 aliphatic rings. The van der Waals surface area contributed by atoms with E-state index in [4.69, 9.17) is 11.6 Å². The molecule has 7 heteroatoms. The molecule has 1 saturated heterocycles. The van der Waals surface area contributed by atoms with Crippen LogP contribution in [0.5, 0.6) is 0 Å². The van der Waals surface area contributed by atoms with Gasteiger partial charge < -0.3 is 5.32 Å². The molecule has 3 aromatic carbocycles. The molecule has 3 aromatic rings. The van der Waals surface area contributed by atoms with Crippen molar-refractivity contribution in [2.24, 2.45) is 11.8 Å². The van der Waals surface area contributed by atoms with Crippen LogP contribution >= 0.6 is 11.6 Å². The molecule has 2 N–H and O–H groups in total. The van der Waals surface area contributed by atoms with Crippen molar-refractivity contribution in [2.75, 3.05) is 5.01 Å². The zero-order valence-electron chi connectivity index (χ0n) is 19.6. The van der Waals surface area contributed by atoms with Gasteiger partial charge in [-0.15, -0.1) is 0 Å². The van der Waals surface area contributed by atoms with Crippen molar-refractivity contribution >= 4 is 35.0 Å². The Morgan fingerprint density at radius 1 is 0.944 bits per heavy atom. The third-order valence-electron chi connectivity index (χ3n) is 6.78. The molecule has 182 valence electrons. The summed E-state index contributed by atoms with van der Waals surface area (Å²) in [4.78, 5) is 39.2. The summed E-state index contributed by atoms with van der Waals surface area (Å²) < 4.78 is 0. The highest BCUT2D eigenvalue weighted by Gasteiger charge is 2.42. The predicted molar refractivity (Wildman–Crippen MR) is 139 cm³/mol. The molecule has 3 unspecified atom stereocenters. The van der Waals surface area contributed by atoms with E-state index in [1.54, 1.807) is 24.3 Å². The van der Waals surface area contributed by atoms with Gasteiger partial charge in [-0.2, -0.15) is 0 Å². The Morgan fingerprint density at radius 3 is 2.44 bits per heavy atom. The van der Waals surface area contributed by atoms with Crippen molar-refractivity contribution in [1.82, 2.24) is 10.7 Å². The molecule has 3 amide bonds. The summed E-state index contributed by atoms with van der Waals surface area (Å²) in [5, 5.41) is 5.04. The summed E-state index contributed by atoms with van der Waals surface area (Å²) in [6.45, 7) is 0. The van der Waals surface area contributed by atoms with Crippen LogP contribution in [0.1, 0.15) is 40.4 Å². The number of carbonyl (C=O) groups is 3. The van der Waals surface area contributed by atoms with E-state index in [1.165, 1.54) is 5.01 Å². The summed E-state index contributed by atoms with van der Waals surface area (Å²) in [5.41, 5.74) is 5.45. The van der Waals surface area contributed by atoms with Crippen molar-refractivity contribution in [2.45, 2.75) is 25.3 Å². The number of anilines is 1. The molecule has 0 aromatic heterocycles. The quantitative estimate of drug-likeness (QED) is 0.468. The lowest BCUT2D eigenvalue weighted by Gasteiger charge is -2.38. The van der Waals surface area contributed by atoms with Gasteiger partial charge in [-0.3, -0.25) is 19.8 Å². The zero-order valence-corrected chi connectivity index (χ0v) is 20.3. The fraction of sp³-hybridized carbons (Fsp3) is 0.207. The van der Waals surface area contributed by atoms with Crippen molar-refractivity contribution in [1.29, 1.82) is 0 Å². The van der Waals surface area contributed by atoms with Crippen LogP contribution in [-0.2, 0) is 16.0 Å². The SMILES string of the molecule is O=C(NC(Cc1ccccc1Cl)c1ccccc1)c1cccc(N2NC(=O)C3CC=CCC3C2=O)c1. The Balaban J connectivity index is 1.38. The first-order chi connectivity index (χ1) is 17.5. The summed E-state index contributed by atoms with van der Waals surface area (Å²) in [6.07, 6.45) is 5.51. The van der Waals surface area contributed by atoms with Crippen LogP contribution in [0.15, 0.2) is 91.0 Å². The number of hydrazine groups is 1. The minimum atomic E-state index is -0.390. The minimum Gasteiger partial charge on any atom is -0.345 e. The van der Waals surface area contributed by atoms with Crippen LogP contribution in [0, 0.1) is 11.8 Å². The molecule has 0 radical (unpaired) electrons. The zero-order chi connectivity index (χ0) is 25.1. The third kappa shape index (κ3) is 4.90. The lowest BCUT2D eigenvalue weighted by atomic mass is 9.80. The molecular formula is C29H26ClN3O3. The summed E-state index contributed by atoms with van der Waals surface area (Å²) in [7, 11) is 0. The average Bonchev–Trinajstić information content (AvgIpc) is 2.92. The fourth-order valence-corrected chi connectivity index (χ4v) is 5.04. The van der Waals surface area contributed by atoms with Crippen molar-refractivity contribution in [3.8, 4) is 0 Å². The van der Waals surface area contributed by atoms with Gasteiger partial charge in [-0.1, -0.05) is 78.4 Å². The number of allylic oxidation sites excluding steroid dienone is 2. The van der Waals surface area contributed by atoms with Crippen LogP contribution in [0.3, 0.4) is 0 Å². The topological polar surface area (TPSA) is 78.5 Å². The van der Waals surface area contributed by atoms with Crippen molar-refractivity contribution in [3.63, 3.8) is 0 Å². The molecule has 36 heavy (non-hydrogen) atoms. The lowest BCUT2D eigenvalue weighted by molar-refractivity contribution is -0.139. The van der Waals surface area contributed by atoms with Gasteiger partial charge in [-0.25, -0.2) is 5.01 Å². The number of fused-ring (bicyclic) bond motifs is 1. The monoisotopic (exact) mass is 499 g/mol. The van der Waals surface area contributed by atoms with E-state index < -0.39 is 0 Å².